The van der Waals surface area contributed by atoms with Gasteiger partial charge in [-0.05, 0) is 79.2 Å². The van der Waals surface area contributed by atoms with E-state index in [2.05, 4.69) is 20.8 Å². The molecule has 0 saturated heterocycles. The van der Waals surface area contributed by atoms with E-state index in [1.54, 1.807) is 6.08 Å². The fourth-order valence-corrected chi connectivity index (χ4v) is 9.24. The Hall–Kier alpha value is -0.940. The quantitative estimate of drug-likeness (QED) is 0.125. The maximum absolute atomic E-state index is 14.7. The average molecular weight is 601 g/mol. The summed E-state index contributed by atoms with van der Waals surface area (Å²) in [7, 11) is -8.16. The van der Waals surface area contributed by atoms with Crippen LogP contribution >= 0.6 is 15.2 Å². The van der Waals surface area contributed by atoms with Crippen LogP contribution in [0.25, 0.3) is 6.08 Å². The molecular weight excluding hydrogens is 546 g/mol. The van der Waals surface area contributed by atoms with Gasteiger partial charge in [-0.3, -0.25) is 9.13 Å². The molecule has 40 heavy (non-hydrogen) atoms. The molecule has 230 valence electrons. The van der Waals surface area contributed by atoms with E-state index < -0.39 is 15.2 Å². The fourth-order valence-electron chi connectivity index (χ4n) is 4.60. The molecular formula is C31H54O7P2. The highest BCUT2D eigenvalue weighted by molar-refractivity contribution is 7.79. The van der Waals surface area contributed by atoms with Crippen LogP contribution in [0.1, 0.15) is 129 Å². The van der Waals surface area contributed by atoms with Crippen LogP contribution in [0.4, 0.5) is 0 Å². The van der Waals surface area contributed by atoms with Gasteiger partial charge in [0.25, 0.3) is 0 Å². The van der Waals surface area contributed by atoms with Gasteiger partial charge < -0.3 is 23.2 Å². The molecule has 1 aliphatic carbocycles. The molecule has 0 atom stereocenters. The first-order valence-electron chi connectivity index (χ1n) is 15.4. The number of phenolic OH excluding ortho intramolecular Hbond substituents is 1. The highest BCUT2D eigenvalue weighted by atomic mass is 31.2. The van der Waals surface area contributed by atoms with E-state index in [9.17, 15) is 14.2 Å². The second kappa shape index (κ2) is 16.6. The largest absolute Gasteiger partial charge is 0.507 e. The molecule has 1 aliphatic rings. The highest BCUT2D eigenvalue weighted by Gasteiger charge is 2.46. The van der Waals surface area contributed by atoms with E-state index in [1.807, 2.05) is 33.8 Å². The van der Waals surface area contributed by atoms with Crippen molar-refractivity contribution in [2.75, 3.05) is 26.4 Å². The topological polar surface area (TPSA) is 91.3 Å². The highest BCUT2D eigenvalue weighted by Crippen LogP contribution is 2.74. The standard InChI is InChI=1S/C31H54O7P2/c1-8-12-19-35-39(33,36-20-13-9-2)29(40(34,37-21-14-10-3)38-22-15-11-4)24-25-23-28(31(5,6)7)30(32)27-18-16-17-26(25)27/h23-24,32H,8-22H2,1-7H3. The SMILES string of the molecule is CCCCOP(=O)(OCCCC)C(=Cc1cc(C(C)(C)C)c(O)c2c1CCC2)P(=O)(OCCCC)OCCCC. The normalized spacial score (nSPS) is 14.0. The Morgan fingerprint density at radius 3 is 1.55 bits per heavy atom. The van der Waals surface area contributed by atoms with Crippen molar-refractivity contribution in [3.05, 3.63) is 33.4 Å². The zero-order valence-electron chi connectivity index (χ0n) is 26.1. The molecule has 1 N–H and O–H groups in total. The molecule has 0 aromatic heterocycles. The molecule has 0 bridgehead atoms. The summed E-state index contributed by atoms with van der Waals surface area (Å²) in [6, 6.07) is 1.93. The number of unbranched alkanes of at least 4 members (excludes halogenated alkanes) is 4. The minimum Gasteiger partial charge on any atom is -0.507 e. The van der Waals surface area contributed by atoms with Crippen molar-refractivity contribution >= 4 is 21.3 Å². The molecule has 0 saturated carbocycles. The lowest BCUT2D eigenvalue weighted by Crippen LogP contribution is -2.13. The minimum atomic E-state index is -4.08. The minimum absolute atomic E-state index is 0.0286. The summed E-state index contributed by atoms with van der Waals surface area (Å²) in [5.41, 5.74) is 3.11. The van der Waals surface area contributed by atoms with Crippen LogP contribution in [0.3, 0.4) is 0 Å². The second-order valence-electron chi connectivity index (χ2n) is 11.7. The Morgan fingerprint density at radius 1 is 0.775 bits per heavy atom. The molecule has 2 rings (SSSR count). The monoisotopic (exact) mass is 600 g/mol. The molecule has 0 heterocycles. The predicted molar refractivity (Wildman–Crippen MR) is 165 cm³/mol. The third kappa shape index (κ3) is 9.54. The van der Waals surface area contributed by atoms with E-state index in [0.717, 1.165) is 67.2 Å². The second-order valence-corrected chi connectivity index (χ2v) is 16.0. The Labute approximate surface area is 243 Å². The third-order valence-corrected chi connectivity index (χ3v) is 12.0. The van der Waals surface area contributed by atoms with Crippen LogP contribution in [0, 0.1) is 0 Å². The summed E-state index contributed by atoms with van der Waals surface area (Å²) in [5.74, 6) is 0.321. The Balaban J connectivity index is 2.84. The van der Waals surface area contributed by atoms with Crippen molar-refractivity contribution in [1.82, 2.24) is 0 Å². The average Bonchev–Trinajstić information content (AvgIpc) is 3.39. The van der Waals surface area contributed by atoms with E-state index in [0.29, 0.717) is 31.4 Å². The van der Waals surface area contributed by atoms with Crippen molar-refractivity contribution < 1.29 is 32.3 Å². The van der Waals surface area contributed by atoms with Gasteiger partial charge in [-0.1, -0.05) is 74.1 Å². The molecule has 0 radical (unpaired) electrons. The summed E-state index contributed by atoms with van der Waals surface area (Å²) in [5, 5.41) is 11.1. The first kappa shape index (κ1) is 35.3. The number of rotatable bonds is 19. The van der Waals surface area contributed by atoms with Gasteiger partial charge in [0.15, 0.2) is 5.06 Å². The van der Waals surface area contributed by atoms with E-state index in [-0.39, 0.29) is 36.9 Å². The van der Waals surface area contributed by atoms with Crippen LogP contribution in [-0.2, 0) is 45.5 Å². The van der Waals surface area contributed by atoms with Gasteiger partial charge in [0.1, 0.15) is 5.75 Å². The molecule has 9 heteroatoms. The smallest absolute Gasteiger partial charge is 0.369 e. The number of benzene rings is 1. The Bertz CT molecular complexity index is 991. The maximum Gasteiger partial charge on any atom is 0.369 e. The third-order valence-electron chi connectivity index (χ3n) is 7.10. The van der Waals surface area contributed by atoms with Crippen LogP contribution in [0.15, 0.2) is 11.1 Å². The van der Waals surface area contributed by atoms with Gasteiger partial charge >= 0.3 is 15.2 Å². The van der Waals surface area contributed by atoms with E-state index in [4.69, 9.17) is 18.1 Å². The Morgan fingerprint density at radius 2 is 1.18 bits per heavy atom. The molecule has 7 nitrogen and oxygen atoms in total. The van der Waals surface area contributed by atoms with Gasteiger partial charge in [0.2, 0.25) is 0 Å². The van der Waals surface area contributed by atoms with Crippen LogP contribution in [0.5, 0.6) is 5.75 Å². The first-order chi connectivity index (χ1) is 19.0. The van der Waals surface area contributed by atoms with Gasteiger partial charge in [-0.25, -0.2) is 0 Å². The summed E-state index contributed by atoms with van der Waals surface area (Å²) < 4.78 is 53.6. The number of aromatic hydroxyl groups is 1. The molecule has 0 aliphatic heterocycles. The van der Waals surface area contributed by atoms with Gasteiger partial charge in [-0.15, -0.1) is 0 Å². The summed E-state index contributed by atoms with van der Waals surface area (Å²) in [6.45, 7) is 15.1. The molecule has 1 aromatic carbocycles. The molecule has 0 amide bonds. The van der Waals surface area contributed by atoms with Crippen molar-refractivity contribution in [2.24, 2.45) is 0 Å². The van der Waals surface area contributed by atoms with Gasteiger partial charge in [0.05, 0.1) is 26.4 Å². The maximum atomic E-state index is 14.7. The predicted octanol–water partition coefficient (Wildman–Crippen LogP) is 10.1. The van der Waals surface area contributed by atoms with Gasteiger partial charge in [-0.2, -0.15) is 0 Å². The lowest BCUT2D eigenvalue weighted by molar-refractivity contribution is 0.194. The zero-order valence-corrected chi connectivity index (χ0v) is 27.8. The summed E-state index contributed by atoms with van der Waals surface area (Å²) >= 11 is 0. The van der Waals surface area contributed by atoms with Crippen molar-refractivity contribution in [1.29, 1.82) is 0 Å². The first-order valence-corrected chi connectivity index (χ1v) is 18.4. The number of hydrogen-bond donors (Lipinski definition) is 1. The molecule has 1 aromatic rings. The number of fused-ring (bicyclic) bond motifs is 1. The lowest BCUT2D eigenvalue weighted by Gasteiger charge is -2.28. The molecule has 0 fully saturated rings. The van der Waals surface area contributed by atoms with Crippen molar-refractivity contribution in [3.8, 4) is 5.75 Å². The molecule has 0 unspecified atom stereocenters. The lowest BCUT2D eigenvalue weighted by atomic mass is 9.83. The van der Waals surface area contributed by atoms with Crippen LogP contribution in [-0.4, -0.2) is 31.5 Å². The van der Waals surface area contributed by atoms with Crippen LogP contribution in [0.2, 0.25) is 0 Å². The van der Waals surface area contributed by atoms with Gasteiger partial charge in [0, 0.05) is 5.56 Å². The number of hydrogen-bond acceptors (Lipinski definition) is 7. The van der Waals surface area contributed by atoms with E-state index in [1.165, 1.54) is 0 Å². The van der Waals surface area contributed by atoms with Crippen LogP contribution < -0.4 is 0 Å². The number of phenols is 1. The van der Waals surface area contributed by atoms with Crippen molar-refractivity contribution in [3.63, 3.8) is 0 Å². The summed E-state index contributed by atoms with van der Waals surface area (Å²) in [4.78, 5) is 0. The van der Waals surface area contributed by atoms with E-state index >= 15 is 0 Å². The fraction of sp³-hybridized carbons (Fsp3) is 0.742. The Kier molecular flexibility index (Phi) is 14.7. The zero-order chi connectivity index (χ0) is 29.8. The molecule has 0 spiro atoms. The summed E-state index contributed by atoms with van der Waals surface area (Å²) in [6.07, 6.45) is 10.3. The van der Waals surface area contributed by atoms with Crippen molar-refractivity contribution in [2.45, 2.75) is 125 Å².